The summed E-state index contributed by atoms with van der Waals surface area (Å²) in [5.41, 5.74) is 1.23. The molecule has 2 aliphatic heterocycles. The van der Waals surface area contributed by atoms with Crippen LogP contribution >= 0.6 is 11.8 Å². The Balaban J connectivity index is 1.65. The first-order chi connectivity index (χ1) is 11.9. The molecule has 3 rings (SSSR count). The lowest BCUT2D eigenvalue weighted by molar-refractivity contribution is -0.143. The van der Waals surface area contributed by atoms with E-state index in [2.05, 4.69) is 5.32 Å². The monoisotopic (exact) mass is 360 g/mol. The topological polar surface area (TPSA) is 104 Å². The minimum absolute atomic E-state index is 0.133. The SMILES string of the molecule is O=C1NC(=O)C(=Cc2ccc(C(=O)N3CCC(C(=O)O)CC3)cc2)S1. The van der Waals surface area contributed by atoms with E-state index in [0.717, 1.165) is 11.8 Å². The Kier molecular flexibility index (Phi) is 4.89. The summed E-state index contributed by atoms with van der Waals surface area (Å²) >= 11 is 0.843. The van der Waals surface area contributed by atoms with Crippen LogP contribution in [0, 0.1) is 5.92 Å². The average Bonchev–Trinajstić information content (AvgIpc) is 2.92. The second kappa shape index (κ2) is 7.10. The van der Waals surface area contributed by atoms with E-state index < -0.39 is 17.1 Å². The first-order valence-electron chi connectivity index (χ1n) is 7.81. The molecule has 2 N–H and O–H groups in total. The lowest BCUT2D eigenvalue weighted by Crippen LogP contribution is -2.40. The standard InChI is InChI=1S/C17H16N2O5S/c20-14-13(25-17(24)18-14)9-10-1-3-11(4-2-10)15(21)19-7-5-12(6-8-19)16(22)23/h1-4,9,12H,5-8H2,(H,22,23)(H,18,20,24). The molecular formula is C17H16N2O5S. The number of hydrogen-bond acceptors (Lipinski definition) is 5. The summed E-state index contributed by atoms with van der Waals surface area (Å²) in [6.45, 7) is 0.862. The van der Waals surface area contributed by atoms with Crippen LogP contribution in [0.4, 0.5) is 4.79 Å². The molecule has 0 saturated carbocycles. The number of nitrogens with zero attached hydrogens (tertiary/aromatic N) is 1. The normalized spacial score (nSPS) is 20.0. The van der Waals surface area contributed by atoms with Gasteiger partial charge in [-0.05, 0) is 48.4 Å². The number of rotatable bonds is 3. The van der Waals surface area contributed by atoms with E-state index in [0.29, 0.717) is 42.0 Å². The van der Waals surface area contributed by atoms with Crippen LogP contribution in [0.1, 0.15) is 28.8 Å². The van der Waals surface area contributed by atoms with Crippen LogP contribution in [-0.2, 0) is 9.59 Å². The van der Waals surface area contributed by atoms with Gasteiger partial charge in [-0.15, -0.1) is 0 Å². The van der Waals surface area contributed by atoms with Gasteiger partial charge in [-0.3, -0.25) is 24.5 Å². The number of piperidine rings is 1. The number of imide groups is 1. The van der Waals surface area contributed by atoms with E-state index >= 15 is 0 Å². The van der Waals surface area contributed by atoms with Crippen LogP contribution in [0.25, 0.3) is 6.08 Å². The van der Waals surface area contributed by atoms with E-state index in [1.807, 2.05) is 0 Å². The van der Waals surface area contributed by atoms with Gasteiger partial charge in [-0.1, -0.05) is 12.1 Å². The Morgan fingerprint density at radius 3 is 2.32 bits per heavy atom. The van der Waals surface area contributed by atoms with Crippen molar-refractivity contribution in [3.8, 4) is 0 Å². The molecule has 0 radical (unpaired) electrons. The van der Waals surface area contributed by atoms with Gasteiger partial charge in [0.1, 0.15) is 0 Å². The largest absolute Gasteiger partial charge is 0.481 e. The summed E-state index contributed by atoms with van der Waals surface area (Å²) < 4.78 is 0. The van der Waals surface area contributed by atoms with Gasteiger partial charge in [0.2, 0.25) is 0 Å². The predicted octanol–water partition coefficient (Wildman–Crippen LogP) is 1.95. The fourth-order valence-electron chi connectivity index (χ4n) is 2.81. The molecule has 1 aromatic rings. The van der Waals surface area contributed by atoms with Crippen molar-refractivity contribution in [3.63, 3.8) is 0 Å². The van der Waals surface area contributed by atoms with Gasteiger partial charge in [0.25, 0.3) is 17.1 Å². The molecule has 0 aromatic heterocycles. The van der Waals surface area contributed by atoms with Crippen molar-refractivity contribution < 1.29 is 24.3 Å². The number of carboxylic acids is 1. The predicted molar refractivity (Wildman–Crippen MR) is 91.8 cm³/mol. The molecule has 0 bridgehead atoms. The highest BCUT2D eigenvalue weighted by atomic mass is 32.2. The zero-order valence-corrected chi connectivity index (χ0v) is 14.0. The second-order valence-electron chi connectivity index (χ2n) is 5.88. The van der Waals surface area contributed by atoms with E-state index in [1.165, 1.54) is 0 Å². The molecule has 0 unspecified atom stereocenters. The van der Waals surface area contributed by atoms with Crippen molar-refractivity contribution in [2.24, 2.45) is 5.92 Å². The number of aliphatic carboxylic acids is 1. The Hall–Kier alpha value is -2.61. The highest BCUT2D eigenvalue weighted by Gasteiger charge is 2.27. The molecular weight excluding hydrogens is 344 g/mol. The second-order valence-corrected chi connectivity index (χ2v) is 6.89. The molecule has 130 valence electrons. The summed E-state index contributed by atoms with van der Waals surface area (Å²) in [5, 5.41) is 10.8. The smallest absolute Gasteiger partial charge is 0.306 e. The van der Waals surface area contributed by atoms with Gasteiger partial charge >= 0.3 is 5.97 Å². The maximum Gasteiger partial charge on any atom is 0.306 e. The number of amides is 3. The molecule has 2 aliphatic rings. The Morgan fingerprint density at radius 1 is 1.16 bits per heavy atom. The maximum absolute atomic E-state index is 12.5. The molecule has 1 aromatic carbocycles. The van der Waals surface area contributed by atoms with Crippen LogP contribution in [0.5, 0.6) is 0 Å². The van der Waals surface area contributed by atoms with Crippen molar-refractivity contribution in [2.75, 3.05) is 13.1 Å². The van der Waals surface area contributed by atoms with Crippen LogP contribution in [-0.4, -0.2) is 46.1 Å². The fraction of sp³-hybridized carbons (Fsp3) is 0.294. The molecule has 2 saturated heterocycles. The summed E-state index contributed by atoms with van der Waals surface area (Å²) in [5.74, 6) is -1.74. The Morgan fingerprint density at radius 2 is 1.80 bits per heavy atom. The quantitative estimate of drug-likeness (QED) is 0.799. The number of carbonyl (C=O) groups is 4. The van der Waals surface area contributed by atoms with E-state index in [-0.39, 0.29) is 11.8 Å². The number of carbonyl (C=O) groups excluding carboxylic acids is 3. The van der Waals surface area contributed by atoms with Crippen LogP contribution in [0.2, 0.25) is 0 Å². The van der Waals surface area contributed by atoms with Gasteiger partial charge in [-0.2, -0.15) is 0 Å². The van der Waals surface area contributed by atoms with Crippen molar-refractivity contribution in [1.82, 2.24) is 10.2 Å². The molecule has 7 nitrogen and oxygen atoms in total. The zero-order chi connectivity index (χ0) is 18.0. The Labute approximate surface area is 148 Å². The van der Waals surface area contributed by atoms with Crippen LogP contribution < -0.4 is 5.32 Å². The molecule has 0 spiro atoms. The number of likely N-dealkylation sites (tertiary alicyclic amines) is 1. The average molecular weight is 360 g/mol. The van der Waals surface area contributed by atoms with Crippen molar-refractivity contribution in [2.45, 2.75) is 12.8 Å². The minimum atomic E-state index is -0.809. The molecule has 0 aliphatic carbocycles. The highest BCUT2D eigenvalue weighted by Crippen LogP contribution is 2.26. The summed E-state index contributed by atoms with van der Waals surface area (Å²) in [7, 11) is 0. The number of nitrogens with one attached hydrogen (secondary N) is 1. The Bertz CT molecular complexity index is 764. The van der Waals surface area contributed by atoms with Crippen molar-refractivity contribution in [3.05, 3.63) is 40.3 Å². The van der Waals surface area contributed by atoms with Gasteiger partial charge in [-0.25, -0.2) is 0 Å². The molecule has 2 heterocycles. The summed E-state index contributed by atoms with van der Waals surface area (Å²) in [4.78, 5) is 48.1. The van der Waals surface area contributed by atoms with Crippen molar-refractivity contribution in [1.29, 1.82) is 0 Å². The molecule has 0 atom stereocenters. The van der Waals surface area contributed by atoms with Gasteiger partial charge < -0.3 is 10.0 Å². The van der Waals surface area contributed by atoms with E-state index in [4.69, 9.17) is 5.11 Å². The van der Waals surface area contributed by atoms with E-state index in [1.54, 1.807) is 35.2 Å². The van der Waals surface area contributed by atoms with Crippen molar-refractivity contribution >= 4 is 40.9 Å². The summed E-state index contributed by atoms with van der Waals surface area (Å²) in [6, 6.07) is 6.75. The molecule has 2 fully saturated rings. The van der Waals surface area contributed by atoms with Gasteiger partial charge in [0.05, 0.1) is 10.8 Å². The van der Waals surface area contributed by atoms with Gasteiger partial charge in [0, 0.05) is 18.7 Å². The van der Waals surface area contributed by atoms with Gasteiger partial charge in [0.15, 0.2) is 0 Å². The van der Waals surface area contributed by atoms with Crippen LogP contribution in [0.3, 0.4) is 0 Å². The number of thioether (sulfide) groups is 1. The van der Waals surface area contributed by atoms with E-state index in [9.17, 15) is 19.2 Å². The lowest BCUT2D eigenvalue weighted by atomic mass is 9.96. The van der Waals surface area contributed by atoms with Crippen LogP contribution in [0.15, 0.2) is 29.2 Å². The first kappa shape index (κ1) is 17.2. The summed E-state index contributed by atoms with van der Waals surface area (Å²) in [6.07, 6.45) is 2.52. The maximum atomic E-state index is 12.5. The zero-order valence-electron chi connectivity index (χ0n) is 13.2. The molecule has 25 heavy (non-hydrogen) atoms. The highest BCUT2D eigenvalue weighted by molar-refractivity contribution is 8.18. The minimum Gasteiger partial charge on any atom is -0.481 e. The first-order valence-corrected chi connectivity index (χ1v) is 8.62. The molecule has 3 amide bonds. The number of benzene rings is 1. The lowest BCUT2D eigenvalue weighted by Gasteiger charge is -2.30. The molecule has 8 heteroatoms. The third-order valence-corrected chi connectivity index (χ3v) is 5.04. The third-order valence-electron chi connectivity index (χ3n) is 4.23. The number of hydrogen-bond donors (Lipinski definition) is 2. The number of carboxylic acid groups (broad SMARTS) is 1. The fourth-order valence-corrected chi connectivity index (χ4v) is 3.49. The third kappa shape index (κ3) is 3.90.